The number of nitrogens with zero attached hydrogens (tertiary/aromatic N) is 3. The second-order valence-corrected chi connectivity index (χ2v) is 6.73. The summed E-state index contributed by atoms with van der Waals surface area (Å²) in [7, 11) is 1.62. The van der Waals surface area contributed by atoms with Crippen molar-refractivity contribution in [1.82, 2.24) is 9.88 Å². The van der Waals surface area contributed by atoms with Gasteiger partial charge in [-0.25, -0.2) is 9.78 Å². The van der Waals surface area contributed by atoms with Crippen LogP contribution in [0.15, 0.2) is 42.6 Å². The maximum atomic E-state index is 13.1. The lowest BCUT2D eigenvalue weighted by Gasteiger charge is -2.32. The zero-order valence-corrected chi connectivity index (χ0v) is 14.5. The number of hydrogen-bond donors (Lipinski definition) is 0. The molecule has 2 amide bonds. The number of aryl methyl sites for hydroxylation is 1. The van der Waals surface area contributed by atoms with E-state index in [-0.39, 0.29) is 6.03 Å². The molecule has 0 saturated carbocycles. The fourth-order valence-corrected chi connectivity index (χ4v) is 3.86. The molecule has 1 aromatic carbocycles. The van der Waals surface area contributed by atoms with Gasteiger partial charge in [0.2, 0.25) is 5.88 Å². The van der Waals surface area contributed by atoms with Crippen LogP contribution in [0.4, 0.5) is 10.5 Å². The molecule has 1 saturated heterocycles. The standard InChI is InChI=1S/C20H23N3O2/c1-25-19-9-8-16(13-21-19)17-10-12-22(14-17)20(24)23-11-4-6-15-5-2-3-7-18(15)23/h2-3,5,7-9,13,17H,4,6,10-12,14H2,1H3. The first-order valence-corrected chi connectivity index (χ1v) is 8.90. The molecule has 1 unspecified atom stereocenters. The summed E-state index contributed by atoms with van der Waals surface area (Å²) in [6.07, 6.45) is 4.94. The van der Waals surface area contributed by atoms with Crippen LogP contribution in [-0.2, 0) is 6.42 Å². The van der Waals surface area contributed by atoms with Gasteiger partial charge < -0.3 is 9.64 Å². The summed E-state index contributed by atoms with van der Waals surface area (Å²) >= 11 is 0. The smallest absolute Gasteiger partial charge is 0.324 e. The Balaban J connectivity index is 1.47. The summed E-state index contributed by atoms with van der Waals surface area (Å²) in [5.41, 5.74) is 3.53. The van der Waals surface area contributed by atoms with Gasteiger partial charge in [0.25, 0.3) is 0 Å². The van der Waals surface area contributed by atoms with Crippen LogP contribution < -0.4 is 9.64 Å². The molecule has 0 radical (unpaired) electrons. The number of anilines is 1. The van der Waals surface area contributed by atoms with Crippen molar-refractivity contribution in [2.45, 2.75) is 25.2 Å². The van der Waals surface area contributed by atoms with Crippen molar-refractivity contribution in [3.8, 4) is 5.88 Å². The number of methoxy groups -OCH3 is 1. The van der Waals surface area contributed by atoms with E-state index in [1.807, 2.05) is 28.1 Å². The second-order valence-electron chi connectivity index (χ2n) is 6.73. The molecule has 25 heavy (non-hydrogen) atoms. The van der Waals surface area contributed by atoms with Crippen LogP contribution in [0.2, 0.25) is 0 Å². The van der Waals surface area contributed by atoms with Crippen molar-refractivity contribution in [3.05, 3.63) is 53.7 Å². The van der Waals surface area contributed by atoms with E-state index >= 15 is 0 Å². The molecule has 130 valence electrons. The number of ether oxygens (including phenoxy) is 1. The number of amides is 2. The van der Waals surface area contributed by atoms with Crippen LogP contribution in [0.25, 0.3) is 0 Å². The number of rotatable bonds is 2. The third kappa shape index (κ3) is 3.06. The highest BCUT2D eigenvalue weighted by Crippen LogP contribution is 2.31. The quantitative estimate of drug-likeness (QED) is 0.843. The molecule has 0 aliphatic carbocycles. The van der Waals surface area contributed by atoms with Crippen LogP contribution in [0.5, 0.6) is 5.88 Å². The van der Waals surface area contributed by atoms with Gasteiger partial charge in [-0.1, -0.05) is 24.3 Å². The predicted molar refractivity (Wildman–Crippen MR) is 97.2 cm³/mol. The molecule has 0 bridgehead atoms. The minimum Gasteiger partial charge on any atom is -0.481 e. The number of aromatic nitrogens is 1. The monoisotopic (exact) mass is 337 g/mol. The van der Waals surface area contributed by atoms with Gasteiger partial charge in [0.05, 0.1) is 7.11 Å². The number of benzene rings is 1. The van der Waals surface area contributed by atoms with Crippen molar-refractivity contribution in [3.63, 3.8) is 0 Å². The Morgan fingerprint density at radius 3 is 2.88 bits per heavy atom. The highest BCUT2D eigenvalue weighted by atomic mass is 16.5. The molecule has 1 aromatic heterocycles. The molecular formula is C20H23N3O2. The van der Waals surface area contributed by atoms with Crippen LogP contribution in [0.3, 0.4) is 0 Å². The van der Waals surface area contributed by atoms with E-state index in [0.29, 0.717) is 11.8 Å². The number of para-hydroxylation sites is 1. The first-order chi connectivity index (χ1) is 12.3. The number of urea groups is 1. The Hall–Kier alpha value is -2.56. The number of carbonyl (C=O) groups is 1. The largest absolute Gasteiger partial charge is 0.481 e. The summed E-state index contributed by atoms with van der Waals surface area (Å²) in [5, 5.41) is 0. The van der Waals surface area contributed by atoms with E-state index in [4.69, 9.17) is 4.74 Å². The van der Waals surface area contributed by atoms with Crippen molar-refractivity contribution >= 4 is 11.7 Å². The Morgan fingerprint density at radius 1 is 1.20 bits per heavy atom. The molecule has 5 nitrogen and oxygen atoms in total. The molecule has 0 N–H and O–H groups in total. The van der Waals surface area contributed by atoms with Crippen molar-refractivity contribution in [2.75, 3.05) is 31.6 Å². The van der Waals surface area contributed by atoms with Crippen LogP contribution >= 0.6 is 0 Å². The number of pyridine rings is 1. The molecule has 5 heteroatoms. The summed E-state index contributed by atoms with van der Waals surface area (Å²) < 4.78 is 5.12. The lowest BCUT2D eigenvalue weighted by molar-refractivity contribution is 0.214. The SMILES string of the molecule is COc1ccc(C2CCN(C(=O)N3CCCc4ccccc43)C2)cn1. The van der Waals surface area contributed by atoms with Gasteiger partial charge in [-0.15, -0.1) is 0 Å². The first-order valence-electron chi connectivity index (χ1n) is 8.90. The van der Waals surface area contributed by atoms with Crippen LogP contribution in [0.1, 0.15) is 29.9 Å². The van der Waals surface area contributed by atoms with Crippen LogP contribution in [0, 0.1) is 0 Å². The highest BCUT2D eigenvalue weighted by molar-refractivity contribution is 5.93. The molecule has 2 aliphatic heterocycles. The molecule has 1 atom stereocenters. The van der Waals surface area contributed by atoms with E-state index in [1.54, 1.807) is 7.11 Å². The zero-order chi connectivity index (χ0) is 17.2. The normalized spacial score (nSPS) is 19.6. The third-order valence-electron chi connectivity index (χ3n) is 5.24. The topological polar surface area (TPSA) is 45.7 Å². The summed E-state index contributed by atoms with van der Waals surface area (Å²) in [6.45, 7) is 2.36. The minimum absolute atomic E-state index is 0.135. The fourth-order valence-electron chi connectivity index (χ4n) is 3.86. The Kier molecular flexibility index (Phi) is 4.30. The Morgan fingerprint density at radius 2 is 2.08 bits per heavy atom. The Bertz CT molecular complexity index is 760. The van der Waals surface area contributed by atoms with Crippen molar-refractivity contribution < 1.29 is 9.53 Å². The van der Waals surface area contributed by atoms with Crippen molar-refractivity contribution in [1.29, 1.82) is 0 Å². The van der Waals surface area contributed by atoms with Gasteiger partial charge in [-0.05, 0) is 36.5 Å². The Labute approximate surface area is 148 Å². The lowest BCUT2D eigenvalue weighted by Crippen LogP contribution is -2.44. The maximum Gasteiger partial charge on any atom is 0.324 e. The number of carbonyl (C=O) groups excluding carboxylic acids is 1. The van der Waals surface area contributed by atoms with Crippen LogP contribution in [-0.4, -0.2) is 42.7 Å². The molecule has 3 heterocycles. The number of fused-ring (bicyclic) bond motifs is 1. The molecule has 1 fully saturated rings. The van der Waals surface area contributed by atoms with Gasteiger partial charge in [-0.3, -0.25) is 4.90 Å². The molecule has 2 aliphatic rings. The second kappa shape index (κ2) is 6.75. The minimum atomic E-state index is 0.135. The average Bonchev–Trinajstić information content (AvgIpc) is 3.17. The van der Waals surface area contributed by atoms with E-state index in [9.17, 15) is 4.79 Å². The van der Waals surface area contributed by atoms with E-state index in [1.165, 1.54) is 11.1 Å². The predicted octanol–water partition coefficient (Wildman–Crippen LogP) is 3.45. The maximum absolute atomic E-state index is 13.1. The molecular weight excluding hydrogens is 314 g/mol. The first kappa shape index (κ1) is 15.9. The summed E-state index contributed by atoms with van der Waals surface area (Å²) in [4.78, 5) is 21.3. The van der Waals surface area contributed by atoms with Gasteiger partial charge in [0, 0.05) is 43.5 Å². The van der Waals surface area contributed by atoms with Gasteiger partial charge in [-0.2, -0.15) is 0 Å². The highest BCUT2D eigenvalue weighted by Gasteiger charge is 2.32. The summed E-state index contributed by atoms with van der Waals surface area (Å²) in [5.74, 6) is 0.974. The van der Waals surface area contributed by atoms with E-state index in [2.05, 4.69) is 29.2 Å². The van der Waals surface area contributed by atoms with Gasteiger partial charge in [0.15, 0.2) is 0 Å². The van der Waals surface area contributed by atoms with Gasteiger partial charge in [0.1, 0.15) is 0 Å². The average molecular weight is 337 g/mol. The number of hydrogen-bond acceptors (Lipinski definition) is 3. The molecule has 2 aromatic rings. The van der Waals surface area contributed by atoms with E-state index in [0.717, 1.165) is 44.6 Å². The zero-order valence-electron chi connectivity index (χ0n) is 14.5. The van der Waals surface area contributed by atoms with E-state index < -0.39 is 0 Å². The fraction of sp³-hybridized carbons (Fsp3) is 0.400. The molecule has 0 spiro atoms. The van der Waals surface area contributed by atoms with Gasteiger partial charge >= 0.3 is 6.03 Å². The summed E-state index contributed by atoms with van der Waals surface area (Å²) in [6, 6.07) is 12.3. The lowest BCUT2D eigenvalue weighted by atomic mass is 10.0. The third-order valence-corrected chi connectivity index (χ3v) is 5.24. The van der Waals surface area contributed by atoms with Crippen molar-refractivity contribution in [2.24, 2.45) is 0 Å². The number of likely N-dealkylation sites (tertiary alicyclic amines) is 1. The molecule has 4 rings (SSSR count).